The molecule has 0 saturated carbocycles. The highest BCUT2D eigenvalue weighted by atomic mass is 32.2. The van der Waals surface area contributed by atoms with E-state index in [1.165, 1.54) is 17.2 Å². The van der Waals surface area contributed by atoms with Gasteiger partial charge in [-0.1, -0.05) is 32.0 Å². The van der Waals surface area contributed by atoms with Crippen LogP contribution in [0, 0.1) is 5.82 Å². The van der Waals surface area contributed by atoms with Gasteiger partial charge in [0.05, 0.1) is 10.9 Å². The van der Waals surface area contributed by atoms with Gasteiger partial charge in [0.2, 0.25) is 0 Å². The highest BCUT2D eigenvalue weighted by Gasteiger charge is 2.27. The molecule has 2 aromatic rings. The van der Waals surface area contributed by atoms with E-state index in [1.807, 2.05) is 6.92 Å². The van der Waals surface area contributed by atoms with Gasteiger partial charge in [0.25, 0.3) is 0 Å². The summed E-state index contributed by atoms with van der Waals surface area (Å²) in [7, 11) is -3.40. The van der Waals surface area contributed by atoms with E-state index in [2.05, 4.69) is 36.9 Å². The fourth-order valence-electron chi connectivity index (χ4n) is 3.43. The van der Waals surface area contributed by atoms with Crippen LogP contribution in [0.4, 0.5) is 10.1 Å². The van der Waals surface area contributed by atoms with Crippen molar-refractivity contribution in [2.45, 2.75) is 44.0 Å². The molecule has 1 aliphatic heterocycles. The molecule has 0 spiro atoms. The molecule has 0 unspecified atom stereocenters. The number of hydrogen-bond acceptors (Lipinski definition) is 3. The van der Waals surface area contributed by atoms with Gasteiger partial charge >= 0.3 is 0 Å². The summed E-state index contributed by atoms with van der Waals surface area (Å²) in [5.41, 5.74) is 4.23. The highest BCUT2D eigenvalue weighted by Crippen LogP contribution is 2.37. The van der Waals surface area contributed by atoms with Gasteiger partial charge in [0.15, 0.2) is 9.84 Å². The third-order valence-electron chi connectivity index (χ3n) is 5.03. The van der Waals surface area contributed by atoms with Gasteiger partial charge in [-0.3, -0.25) is 0 Å². The van der Waals surface area contributed by atoms with Crippen LogP contribution in [-0.4, -0.2) is 21.2 Å². The van der Waals surface area contributed by atoms with Crippen LogP contribution in [-0.2, 0) is 16.3 Å². The molecule has 0 aromatic heterocycles. The summed E-state index contributed by atoms with van der Waals surface area (Å²) in [6, 6.07) is 10.6. The predicted molar refractivity (Wildman–Crippen MR) is 99.5 cm³/mol. The zero-order chi connectivity index (χ0) is 18.4. The SMILES string of the molecule is CC(C)c1ccc2c(c1)N([C@@H](C)c1ccc(S(C)(=O)=O)cc1F)CC2. The van der Waals surface area contributed by atoms with E-state index in [-0.39, 0.29) is 10.9 Å². The van der Waals surface area contributed by atoms with Crippen molar-refractivity contribution in [3.05, 3.63) is 58.9 Å². The quantitative estimate of drug-likeness (QED) is 0.806. The van der Waals surface area contributed by atoms with Crippen molar-refractivity contribution >= 4 is 15.5 Å². The lowest BCUT2D eigenvalue weighted by Gasteiger charge is -2.28. The number of halogens is 1. The van der Waals surface area contributed by atoms with Crippen LogP contribution in [0.15, 0.2) is 41.3 Å². The van der Waals surface area contributed by atoms with Crippen molar-refractivity contribution in [1.82, 2.24) is 0 Å². The Morgan fingerprint density at radius 2 is 1.80 bits per heavy atom. The largest absolute Gasteiger partial charge is 0.364 e. The zero-order valence-electron chi connectivity index (χ0n) is 15.1. The zero-order valence-corrected chi connectivity index (χ0v) is 15.9. The number of benzene rings is 2. The minimum atomic E-state index is -3.40. The van der Waals surface area contributed by atoms with Crippen LogP contribution in [0.2, 0.25) is 0 Å². The summed E-state index contributed by atoms with van der Waals surface area (Å²) in [5.74, 6) is -0.0299. The standard InChI is InChI=1S/C20H24FNO2S/c1-13(2)16-6-5-15-9-10-22(20(15)11-16)14(3)18-8-7-17(12-19(18)21)25(4,23)24/h5-8,11-14H,9-10H2,1-4H3/t14-/m0/s1. The Morgan fingerprint density at radius 1 is 1.08 bits per heavy atom. The molecule has 0 saturated heterocycles. The first-order valence-corrected chi connectivity index (χ1v) is 10.5. The van der Waals surface area contributed by atoms with Gasteiger partial charge in [-0.25, -0.2) is 12.8 Å². The second-order valence-electron chi connectivity index (χ2n) is 7.12. The molecule has 3 rings (SSSR count). The van der Waals surface area contributed by atoms with E-state index in [0.717, 1.165) is 31.0 Å². The van der Waals surface area contributed by atoms with Crippen molar-refractivity contribution in [2.24, 2.45) is 0 Å². The van der Waals surface area contributed by atoms with Crippen LogP contribution in [0.25, 0.3) is 0 Å². The maximum atomic E-state index is 14.6. The lowest BCUT2D eigenvalue weighted by Crippen LogP contribution is -2.25. The molecular weight excluding hydrogens is 337 g/mol. The monoisotopic (exact) mass is 361 g/mol. The van der Waals surface area contributed by atoms with E-state index in [1.54, 1.807) is 6.07 Å². The lowest BCUT2D eigenvalue weighted by atomic mass is 9.99. The van der Waals surface area contributed by atoms with Crippen LogP contribution >= 0.6 is 0 Å². The van der Waals surface area contributed by atoms with Gasteiger partial charge in [-0.2, -0.15) is 0 Å². The lowest BCUT2D eigenvalue weighted by molar-refractivity contribution is 0.571. The third-order valence-corrected chi connectivity index (χ3v) is 6.14. The molecule has 5 heteroatoms. The summed E-state index contributed by atoms with van der Waals surface area (Å²) >= 11 is 0. The molecule has 0 fully saturated rings. The first kappa shape index (κ1) is 17.9. The van der Waals surface area contributed by atoms with Gasteiger partial charge in [-0.05, 0) is 48.6 Å². The Balaban J connectivity index is 1.96. The van der Waals surface area contributed by atoms with Crippen molar-refractivity contribution in [3.8, 4) is 0 Å². The van der Waals surface area contributed by atoms with Crippen LogP contribution in [0.3, 0.4) is 0 Å². The Morgan fingerprint density at radius 3 is 2.40 bits per heavy atom. The van der Waals surface area contributed by atoms with Crippen molar-refractivity contribution in [1.29, 1.82) is 0 Å². The fraction of sp³-hybridized carbons (Fsp3) is 0.400. The van der Waals surface area contributed by atoms with E-state index >= 15 is 0 Å². The predicted octanol–water partition coefficient (Wildman–Crippen LogP) is 4.48. The topological polar surface area (TPSA) is 37.4 Å². The highest BCUT2D eigenvalue weighted by molar-refractivity contribution is 7.90. The van der Waals surface area contributed by atoms with Gasteiger partial charge in [-0.15, -0.1) is 0 Å². The number of hydrogen-bond donors (Lipinski definition) is 0. The van der Waals surface area contributed by atoms with E-state index in [0.29, 0.717) is 11.5 Å². The van der Waals surface area contributed by atoms with Crippen LogP contribution in [0.1, 0.15) is 49.4 Å². The molecule has 0 radical (unpaired) electrons. The van der Waals surface area contributed by atoms with Gasteiger partial charge in [0.1, 0.15) is 5.82 Å². The molecule has 1 aliphatic rings. The number of anilines is 1. The minimum absolute atomic E-state index is 0.0184. The molecule has 0 amide bonds. The van der Waals surface area contributed by atoms with E-state index in [4.69, 9.17) is 0 Å². The Hall–Kier alpha value is -1.88. The first-order chi connectivity index (χ1) is 11.7. The Kier molecular flexibility index (Phi) is 4.62. The second kappa shape index (κ2) is 6.45. The van der Waals surface area contributed by atoms with Gasteiger partial charge in [0, 0.05) is 24.1 Å². The average molecular weight is 361 g/mol. The van der Waals surface area contributed by atoms with Crippen LogP contribution < -0.4 is 4.90 Å². The van der Waals surface area contributed by atoms with Crippen molar-refractivity contribution in [2.75, 3.05) is 17.7 Å². The Bertz CT molecular complexity index is 906. The number of nitrogens with zero attached hydrogens (tertiary/aromatic N) is 1. The normalized spacial score (nSPS) is 15.5. The van der Waals surface area contributed by atoms with Crippen molar-refractivity contribution < 1.29 is 12.8 Å². The Labute approximate surface area is 149 Å². The molecule has 134 valence electrons. The van der Waals surface area contributed by atoms with Crippen LogP contribution in [0.5, 0.6) is 0 Å². The molecule has 1 heterocycles. The number of rotatable bonds is 4. The summed E-state index contributed by atoms with van der Waals surface area (Å²) in [6.45, 7) is 7.13. The molecule has 25 heavy (non-hydrogen) atoms. The maximum absolute atomic E-state index is 14.6. The summed E-state index contributed by atoms with van der Waals surface area (Å²) in [4.78, 5) is 2.23. The molecule has 0 aliphatic carbocycles. The van der Waals surface area contributed by atoms with E-state index < -0.39 is 15.7 Å². The smallest absolute Gasteiger partial charge is 0.175 e. The minimum Gasteiger partial charge on any atom is -0.364 e. The molecule has 2 aromatic carbocycles. The molecule has 1 atom stereocenters. The number of fused-ring (bicyclic) bond motifs is 1. The molecular formula is C20H24FNO2S. The molecule has 3 nitrogen and oxygen atoms in total. The average Bonchev–Trinajstić information content (AvgIpc) is 2.96. The molecule has 0 N–H and O–H groups in total. The van der Waals surface area contributed by atoms with Crippen molar-refractivity contribution in [3.63, 3.8) is 0 Å². The third kappa shape index (κ3) is 3.43. The maximum Gasteiger partial charge on any atom is 0.175 e. The summed E-state index contributed by atoms with van der Waals surface area (Å²) < 4.78 is 37.8. The molecule has 0 bridgehead atoms. The van der Waals surface area contributed by atoms with E-state index in [9.17, 15) is 12.8 Å². The summed E-state index contributed by atoms with van der Waals surface area (Å²) in [5, 5.41) is 0. The summed E-state index contributed by atoms with van der Waals surface area (Å²) in [6.07, 6.45) is 2.04. The first-order valence-electron chi connectivity index (χ1n) is 8.57. The number of sulfone groups is 1. The van der Waals surface area contributed by atoms with Gasteiger partial charge < -0.3 is 4.90 Å². The fourth-order valence-corrected chi connectivity index (χ4v) is 4.06. The second-order valence-corrected chi connectivity index (χ2v) is 9.13.